The molecule has 0 radical (unpaired) electrons. The molecule has 17 nitrogen and oxygen atoms in total. The number of aliphatic hydroxyl groups is 2. The average Bonchev–Trinajstić information content (AvgIpc) is 3.06. The Hall–Kier alpha value is -5.05. The lowest BCUT2D eigenvalue weighted by Gasteiger charge is -2.20. The molecule has 0 atom stereocenters. The molecular formula is C30H32N6O11S2. The van der Waals surface area contributed by atoms with Crippen LogP contribution in [0.25, 0.3) is 10.8 Å². The molecular weight excluding hydrogens is 684 g/mol. The summed E-state index contributed by atoms with van der Waals surface area (Å²) in [6.45, 7) is 0.0352. The topological polar surface area (TPSA) is 249 Å². The Kier molecular flexibility index (Phi) is 11.6. The third-order valence-corrected chi connectivity index (χ3v) is 9.63. The minimum absolute atomic E-state index is 0.000831. The fraction of sp³-hybridized carbons (Fsp3) is 0.233. The third kappa shape index (κ3) is 8.34. The first-order chi connectivity index (χ1) is 23.2. The number of fused-ring (bicyclic) bond motifs is 1. The second-order valence-electron chi connectivity index (χ2n) is 10.1. The number of anilines is 1. The number of amides is 1. The van der Waals surface area contributed by atoms with E-state index in [0.717, 1.165) is 10.4 Å². The molecule has 1 amide bonds. The van der Waals surface area contributed by atoms with Crippen molar-refractivity contribution in [2.24, 2.45) is 20.5 Å². The maximum absolute atomic E-state index is 12.9. The van der Waals surface area contributed by atoms with Crippen molar-refractivity contribution in [3.8, 4) is 17.2 Å². The fourth-order valence-electron chi connectivity index (χ4n) is 4.63. The molecule has 0 aliphatic rings. The zero-order chi connectivity index (χ0) is 35.9. The number of methoxy groups -OCH3 is 2. The standard InChI is InChI=1S/C30H32N6O11S2/c1-18(39)31-22-6-4-5-19-15-27(49(43,44)45)29(30(40)28(19)22)35-34-24-17-25(46-2)23(16-26(24)47-3)33-32-20-7-9-21(10-8-20)48(41,42)36(11-13-37)12-14-38/h4-10,15-17,37-38,40H,11-14H2,1-3H3,(H,31,39)(H,43,44,45)/b33-32+,35-34+. The molecule has 0 aromatic heterocycles. The number of rotatable bonds is 14. The van der Waals surface area contributed by atoms with Crippen molar-refractivity contribution in [1.29, 1.82) is 0 Å². The van der Waals surface area contributed by atoms with Crippen molar-refractivity contribution in [3.05, 3.63) is 60.7 Å². The zero-order valence-electron chi connectivity index (χ0n) is 26.3. The average molecular weight is 717 g/mol. The molecule has 0 unspecified atom stereocenters. The Labute approximate surface area is 281 Å². The van der Waals surface area contributed by atoms with Crippen LogP contribution in [0.15, 0.2) is 90.9 Å². The van der Waals surface area contributed by atoms with E-state index in [2.05, 4.69) is 25.8 Å². The number of nitrogens with one attached hydrogen (secondary N) is 1. The normalized spacial score (nSPS) is 12.3. The lowest BCUT2D eigenvalue weighted by molar-refractivity contribution is -0.114. The Morgan fingerprint density at radius 3 is 1.92 bits per heavy atom. The van der Waals surface area contributed by atoms with E-state index >= 15 is 0 Å². The highest BCUT2D eigenvalue weighted by Gasteiger charge is 2.25. The number of phenolic OH excluding ortho intramolecular Hbond substituents is 1. The van der Waals surface area contributed by atoms with E-state index in [-0.39, 0.29) is 63.0 Å². The highest BCUT2D eigenvalue weighted by atomic mass is 32.2. The number of azo groups is 2. The van der Waals surface area contributed by atoms with Crippen LogP contribution in [0.5, 0.6) is 17.2 Å². The molecule has 0 fully saturated rings. The minimum Gasteiger partial charge on any atom is -0.505 e. The van der Waals surface area contributed by atoms with E-state index in [1.165, 1.54) is 75.7 Å². The lowest BCUT2D eigenvalue weighted by Crippen LogP contribution is -2.35. The molecule has 4 aromatic rings. The summed E-state index contributed by atoms with van der Waals surface area (Å²) in [4.78, 5) is 10.9. The van der Waals surface area contributed by atoms with Gasteiger partial charge in [-0.15, -0.1) is 15.3 Å². The first-order valence-corrected chi connectivity index (χ1v) is 17.1. The summed E-state index contributed by atoms with van der Waals surface area (Å²) in [6, 6.07) is 13.7. The summed E-state index contributed by atoms with van der Waals surface area (Å²) >= 11 is 0. The van der Waals surface area contributed by atoms with Crippen molar-refractivity contribution in [2.45, 2.75) is 16.7 Å². The fourth-order valence-corrected chi connectivity index (χ4v) is 6.71. The van der Waals surface area contributed by atoms with Crippen molar-refractivity contribution in [2.75, 3.05) is 45.8 Å². The van der Waals surface area contributed by atoms with Gasteiger partial charge in [-0.25, -0.2) is 8.42 Å². The van der Waals surface area contributed by atoms with E-state index in [1.807, 2.05) is 0 Å². The van der Waals surface area contributed by atoms with E-state index in [4.69, 9.17) is 9.47 Å². The highest BCUT2D eigenvalue weighted by molar-refractivity contribution is 7.89. The van der Waals surface area contributed by atoms with Gasteiger partial charge in [-0.05, 0) is 41.8 Å². The number of sulfonamides is 1. The van der Waals surface area contributed by atoms with Crippen LogP contribution in [0.4, 0.5) is 28.4 Å². The van der Waals surface area contributed by atoms with Crippen LogP contribution >= 0.6 is 0 Å². The number of hydrogen-bond donors (Lipinski definition) is 5. The molecule has 19 heteroatoms. The Balaban J connectivity index is 1.72. The molecule has 0 bridgehead atoms. The second kappa shape index (κ2) is 15.4. The molecule has 0 heterocycles. The van der Waals surface area contributed by atoms with Gasteiger partial charge in [0, 0.05) is 37.5 Å². The molecule has 49 heavy (non-hydrogen) atoms. The molecule has 0 spiro atoms. The van der Waals surface area contributed by atoms with Crippen LogP contribution in [-0.2, 0) is 24.9 Å². The highest BCUT2D eigenvalue weighted by Crippen LogP contribution is 2.46. The maximum Gasteiger partial charge on any atom is 0.296 e. The summed E-state index contributed by atoms with van der Waals surface area (Å²) in [5, 5.41) is 48.6. The summed E-state index contributed by atoms with van der Waals surface area (Å²) < 4.78 is 72.0. The number of nitrogens with zero attached hydrogens (tertiary/aromatic N) is 5. The quantitative estimate of drug-likeness (QED) is 0.0892. The zero-order valence-corrected chi connectivity index (χ0v) is 27.9. The Bertz CT molecular complexity index is 2130. The van der Waals surface area contributed by atoms with E-state index in [0.29, 0.717) is 0 Å². The first-order valence-electron chi connectivity index (χ1n) is 14.2. The number of aromatic hydroxyl groups is 1. The summed E-state index contributed by atoms with van der Waals surface area (Å²) in [7, 11) is -6.25. The van der Waals surface area contributed by atoms with Gasteiger partial charge in [-0.1, -0.05) is 12.1 Å². The summed E-state index contributed by atoms with van der Waals surface area (Å²) in [5.41, 5.74) is -0.0311. The van der Waals surface area contributed by atoms with Crippen molar-refractivity contribution in [3.63, 3.8) is 0 Å². The molecule has 5 N–H and O–H groups in total. The molecule has 0 saturated carbocycles. The van der Waals surface area contributed by atoms with Crippen LogP contribution in [0.3, 0.4) is 0 Å². The minimum atomic E-state index is -4.92. The monoisotopic (exact) mass is 716 g/mol. The van der Waals surface area contributed by atoms with Gasteiger partial charge in [0.1, 0.15) is 33.5 Å². The number of ether oxygens (including phenoxy) is 2. The molecule has 0 aliphatic heterocycles. The molecule has 4 aromatic carbocycles. The Morgan fingerprint density at radius 2 is 1.41 bits per heavy atom. The predicted octanol–water partition coefficient (Wildman–Crippen LogP) is 4.57. The van der Waals surface area contributed by atoms with Crippen LogP contribution in [0.1, 0.15) is 6.92 Å². The van der Waals surface area contributed by atoms with Crippen LogP contribution in [0.2, 0.25) is 0 Å². The van der Waals surface area contributed by atoms with Gasteiger partial charge in [-0.2, -0.15) is 17.8 Å². The molecule has 4 rings (SSSR count). The number of phenols is 1. The maximum atomic E-state index is 12.9. The largest absolute Gasteiger partial charge is 0.505 e. The SMILES string of the molecule is COc1cc(/N=N/c2c(S(=O)(=O)O)cc3cccc(NC(C)=O)c3c2O)c(OC)cc1/N=N/c1ccc(S(=O)(=O)N(CCO)CCO)cc1. The van der Waals surface area contributed by atoms with Crippen LogP contribution < -0.4 is 14.8 Å². The van der Waals surface area contributed by atoms with Gasteiger partial charge >= 0.3 is 0 Å². The van der Waals surface area contributed by atoms with Gasteiger partial charge in [0.25, 0.3) is 10.1 Å². The summed E-state index contributed by atoms with van der Waals surface area (Å²) in [6.07, 6.45) is 0. The Morgan fingerprint density at radius 1 is 0.837 bits per heavy atom. The molecule has 0 saturated heterocycles. The van der Waals surface area contributed by atoms with Gasteiger partial charge < -0.3 is 30.1 Å². The second-order valence-corrected chi connectivity index (χ2v) is 13.4. The predicted molar refractivity (Wildman–Crippen MR) is 177 cm³/mol. The molecule has 260 valence electrons. The van der Waals surface area contributed by atoms with E-state index in [9.17, 15) is 41.5 Å². The van der Waals surface area contributed by atoms with E-state index < -0.39 is 55.6 Å². The van der Waals surface area contributed by atoms with E-state index in [1.54, 1.807) is 0 Å². The van der Waals surface area contributed by atoms with Crippen LogP contribution in [0, 0.1) is 0 Å². The van der Waals surface area contributed by atoms with Crippen LogP contribution in [-0.4, -0.2) is 87.4 Å². The third-order valence-electron chi connectivity index (χ3n) is 6.85. The number of aliphatic hydroxyl groups excluding tert-OH is 2. The molecule has 0 aliphatic carbocycles. The van der Waals surface area contributed by atoms with Gasteiger partial charge in [-0.3, -0.25) is 9.35 Å². The van der Waals surface area contributed by atoms with Gasteiger partial charge in [0.05, 0.1) is 43.7 Å². The van der Waals surface area contributed by atoms with Gasteiger partial charge in [0.2, 0.25) is 15.9 Å². The van der Waals surface area contributed by atoms with Crippen molar-refractivity contribution >= 4 is 65.3 Å². The smallest absolute Gasteiger partial charge is 0.296 e. The summed E-state index contributed by atoms with van der Waals surface area (Å²) in [5.74, 6) is -0.942. The van der Waals surface area contributed by atoms with Gasteiger partial charge in [0.15, 0.2) is 5.75 Å². The number of hydrogen-bond acceptors (Lipinski definition) is 14. The number of carbonyl (C=O) groups is 1. The van der Waals surface area contributed by atoms with Crippen molar-refractivity contribution in [1.82, 2.24) is 4.31 Å². The first kappa shape index (κ1) is 36.8. The number of benzene rings is 4. The number of carbonyl (C=O) groups excluding carboxylic acids is 1. The van der Waals surface area contributed by atoms with Crippen molar-refractivity contribution < 1.29 is 51.0 Å². The lowest BCUT2D eigenvalue weighted by atomic mass is 10.1.